The molecule has 2 aliphatic heterocycles. The Morgan fingerprint density at radius 3 is 2.67 bits per heavy atom. The third-order valence-electron chi connectivity index (χ3n) is 5.28. The Morgan fingerprint density at radius 2 is 1.83 bits per heavy atom. The summed E-state index contributed by atoms with van der Waals surface area (Å²) in [4.78, 5) is 14.7. The summed E-state index contributed by atoms with van der Waals surface area (Å²) in [5, 5.41) is 3.49. The van der Waals surface area contributed by atoms with Crippen LogP contribution in [-0.2, 0) is 4.79 Å². The van der Waals surface area contributed by atoms with Crippen LogP contribution in [0.4, 0.5) is 0 Å². The minimum atomic E-state index is 0.455. The van der Waals surface area contributed by atoms with Crippen LogP contribution in [0.15, 0.2) is 0 Å². The van der Waals surface area contributed by atoms with Crippen LogP contribution in [0.2, 0.25) is 0 Å². The molecule has 1 aliphatic carbocycles. The van der Waals surface area contributed by atoms with Crippen LogP contribution in [-0.4, -0.2) is 36.5 Å². The van der Waals surface area contributed by atoms with E-state index in [1.807, 2.05) is 0 Å². The van der Waals surface area contributed by atoms with Crippen molar-refractivity contribution >= 4 is 5.91 Å². The molecule has 0 spiro atoms. The smallest absolute Gasteiger partial charge is 0.223 e. The highest BCUT2D eigenvalue weighted by molar-refractivity contribution is 5.77. The molecule has 3 rings (SSSR count). The van der Waals surface area contributed by atoms with Crippen molar-refractivity contribution in [3.8, 4) is 0 Å². The normalized spacial score (nSPS) is 35.1. The van der Waals surface area contributed by atoms with Crippen molar-refractivity contribution in [1.82, 2.24) is 10.2 Å². The number of fused-ring (bicyclic) bond motifs is 1. The number of rotatable bonds is 1. The molecule has 1 N–H and O–H groups in total. The fourth-order valence-electron chi connectivity index (χ4n) is 4.13. The minimum Gasteiger partial charge on any atom is -0.340 e. The monoisotopic (exact) mass is 250 g/mol. The SMILES string of the molecule is O=C1C[C@@H]2CCNC[C@@H]2CCN1C1CCCCC1. The van der Waals surface area contributed by atoms with Crippen LogP contribution in [0.5, 0.6) is 0 Å². The van der Waals surface area contributed by atoms with Gasteiger partial charge in [-0.3, -0.25) is 4.79 Å². The van der Waals surface area contributed by atoms with Gasteiger partial charge in [0.25, 0.3) is 0 Å². The van der Waals surface area contributed by atoms with Gasteiger partial charge >= 0.3 is 0 Å². The number of likely N-dealkylation sites (tertiary alicyclic amines) is 1. The Morgan fingerprint density at radius 1 is 1.00 bits per heavy atom. The lowest BCUT2D eigenvalue weighted by molar-refractivity contribution is -0.134. The summed E-state index contributed by atoms with van der Waals surface area (Å²) in [6, 6.07) is 0.569. The highest BCUT2D eigenvalue weighted by atomic mass is 16.2. The first-order chi connectivity index (χ1) is 8.84. The average molecular weight is 250 g/mol. The number of piperidine rings is 1. The molecule has 3 aliphatic rings. The highest BCUT2D eigenvalue weighted by Gasteiger charge is 2.35. The van der Waals surface area contributed by atoms with Gasteiger partial charge in [-0.15, -0.1) is 0 Å². The summed E-state index contributed by atoms with van der Waals surface area (Å²) in [5.74, 6) is 1.86. The summed E-state index contributed by atoms with van der Waals surface area (Å²) in [7, 11) is 0. The summed E-state index contributed by atoms with van der Waals surface area (Å²) in [6.07, 6.45) is 9.76. The lowest BCUT2D eigenvalue weighted by Crippen LogP contribution is -2.41. The quantitative estimate of drug-likeness (QED) is 0.773. The van der Waals surface area contributed by atoms with E-state index < -0.39 is 0 Å². The van der Waals surface area contributed by atoms with Gasteiger partial charge in [0.1, 0.15) is 0 Å². The highest BCUT2D eigenvalue weighted by Crippen LogP contribution is 2.32. The van der Waals surface area contributed by atoms with Gasteiger partial charge in [-0.05, 0) is 50.6 Å². The molecule has 0 aromatic heterocycles. The molecular formula is C15H26N2O. The molecule has 3 nitrogen and oxygen atoms in total. The van der Waals surface area contributed by atoms with Crippen molar-refractivity contribution < 1.29 is 4.79 Å². The van der Waals surface area contributed by atoms with E-state index in [-0.39, 0.29) is 0 Å². The number of carbonyl (C=O) groups excluding carboxylic acids is 1. The van der Waals surface area contributed by atoms with Crippen LogP contribution in [0, 0.1) is 11.8 Å². The number of hydrogen-bond donors (Lipinski definition) is 1. The fraction of sp³-hybridized carbons (Fsp3) is 0.933. The van der Waals surface area contributed by atoms with E-state index in [9.17, 15) is 4.79 Å². The second-order valence-corrected chi connectivity index (χ2v) is 6.38. The first kappa shape index (κ1) is 12.5. The standard InChI is InChI=1S/C15H26N2O/c18-15-10-12-6-8-16-11-13(12)7-9-17(15)14-4-2-1-3-5-14/h12-14,16H,1-11H2/t12-,13-/m0/s1. The first-order valence-electron chi connectivity index (χ1n) is 7.85. The van der Waals surface area contributed by atoms with E-state index in [0.29, 0.717) is 17.9 Å². The Labute approximate surface area is 110 Å². The first-order valence-corrected chi connectivity index (χ1v) is 7.85. The number of nitrogens with zero attached hydrogens (tertiary/aromatic N) is 1. The molecule has 2 heterocycles. The van der Waals surface area contributed by atoms with E-state index in [1.54, 1.807) is 0 Å². The second kappa shape index (κ2) is 5.60. The maximum absolute atomic E-state index is 12.5. The van der Waals surface area contributed by atoms with Gasteiger partial charge in [0.15, 0.2) is 0 Å². The van der Waals surface area contributed by atoms with E-state index in [1.165, 1.54) is 44.9 Å². The van der Waals surface area contributed by atoms with Crippen molar-refractivity contribution in [1.29, 1.82) is 0 Å². The molecule has 0 bridgehead atoms. The third-order valence-corrected chi connectivity index (χ3v) is 5.28. The molecule has 3 heteroatoms. The predicted molar refractivity (Wildman–Crippen MR) is 72.3 cm³/mol. The van der Waals surface area contributed by atoms with Gasteiger partial charge in [0.05, 0.1) is 0 Å². The summed E-state index contributed by atoms with van der Waals surface area (Å²) in [6.45, 7) is 3.26. The molecule has 102 valence electrons. The predicted octanol–water partition coefficient (Wildman–Crippen LogP) is 2.17. The molecule has 0 aromatic carbocycles. The van der Waals surface area contributed by atoms with Crippen LogP contribution >= 0.6 is 0 Å². The van der Waals surface area contributed by atoms with Gasteiger partial charge in [-0.1, -0.05) is 19.3 Å². The lowest BCUT2D eigenvalue weighted by atomic mass is 9.83. The van der Waals surface area contributed by atoms with Gasteiger partial charge in [0.2, 0.25) is 5.91 Å². The van der Waals surface area contributed by atoms with Gasteiger partial charge in [0, 0.05) is 19.0 Å². The van der Waals surface area contributed by atoms with Crippen LogP contribution in [0.1, 0.15) is 51.4 Å². The van der Waals surface area contributed by atoms with E-state index >= 15 is 0 Å². The summed E-state index contributed by atoms with van der Waals surface area (Å²) >= 11 is 0. The average Bonchev–Trinajstić information content (AvgIpc) is 2.58. The third kappa shape index (κ3) is 2.56. The van der Waals surface area contributed by atoms with Crippen molar-refractivity contribution in [2.75, 3.05) is 19.6 Å². The Hall–Kier alpha value is -0.570. The van der Waals surface area contributed by atoms with Gasteiger partial charge < -0.3 is 10.2 Å². The fourth-order valence-corrected chi connectivity index (χ4v) is 4.13. The number of amides is 1. The largest absolute Gasteiger partial charge is 0.340 e. The van der Waals surface area contributed by atoms with Crippen LogP contribution in [0.25, 0.3) is 0 Å². The van der Waals surface area contributed by atoms with Crippen LogP contribution < -0.4 is 5.32 Å². The zero-order valence-corrected chi connectivity index (χ0v) is 11.4. The number of hydrogen-bond acceptors (Lipinski definition) is 2. The van der Waals surface area contributed by atoms with Crippen molar-refractivity contribution in [3.05, 3.63) is 0 Å². The molecule has 1 amide bonds. The molecule has 2 atom stereocenters. The number of carbonyl (C=O) groups is 1. The van der Waals surface area contributed by atoms with Crippen molar-refractivity contribution in [2.24, 2.45) is 11.8 Å². The molecule has 2 saturated heterocycles. The van der Waals surface area contributed by atoms with Crippen LogP contribution in [0.3, 0.4) is 0 Å². The van der Waals surface area contributed by atoms with E-state index in [2.05, 4.69) is 10.2 Å². The molecular weight excluding hydrogens is 224 g/mol. The molecule has 0 radical (unpaired) electrons. The van der Waals surface area contributed by atoms with Crippen molar-refractivity contribution in [3.63, 3.8) is 0 Å². The molecule has 3 fully saturated rings. The zero-order chi connectivity index (χ0) is 12.4. The maximum atomic E-state index is 12.5. The minimum absolute atomic E-state index is 0.455. The van der Waals surface area contributed by atoms with Crippen molar-refractivity contribution in [2.45, 2.75) is 57.4 Å². The van der Waals surface area contributed by atoms with E-state index in [0.717, 1.165) is 32.0 Å². The lowest BCUT2D eigenvalue weighted by Gasteiger charge is -2.33. The number of nitrogens with one attached hydrogen (secondary N) is 1. The Kier molecular flexibility index (Phi) is 3.88. The maximum Gasteiger partial charge on any atom is 0.223 e. The molecule has 0 unspecified atom stereocenters. The molecule has 18 heavy (non-hydrogen) atoms. The van der Waals surface area contributed by atoms with Gasteiger partial charge in [-0.25, -0.2) is 0 Å². The molecule has 1 saturated carbocycles. The topological polar surface area (TPSA) is 32.3 Å². The van der Waals surface area contributed by atoms with E-state index in [4.69, 9.17) is 0 Å². The summed E-state index contributed by atoms with van der Waals surface area (Å²) < 4.78 is 0. The Balaban J connectivity index is 1.66. The summed E-state index contributed by atoms with van der Waals surface area (Å²) in [5.41, 5.74) is 0. The zero-order valence-electron chi connectivity index (χ0n) is 11.4. The van der Waals surface area contributed by atoms with Gasteiger partial charge in [-0.2, -0.15) is 0 Å². The molecule has 0 aromatic rings. The second-order valence-electron chi connectivity index (χ2n) is 6.38. The Bertz CT molecular complexity index is 299.